The van der Waals surface area contributed by atoms with Crippen molar-refractivity contribution in [2.45, 2.75) is 51.9 Å². The molecule has 0 aromatic carbocycles. The minimum Gasteiger partial charge on any atom is -0.466 e. The van der Waals surface area contributed by atoms with Crippen molar-refractivity contribution in [3.05, 3.63) is 0 Å². The molecule has 0 aromatic rings. The quantitative estimate of drug-likeness (QED) is 0.646. The van der Waals surface area contributed by atoms with E-state index in [0.717, 1.165) is 12.3 Å². The number of likely N-dealkylation sites (tertiary alicyclic amines) is 1. The molecule has 0 atom stereocenters. The molecule has 1 heterocycles. The number of hydrogen-bond donors (Lipinski definition) is 0. The number of carbonyl (C=O) groups is 2. The van der Waals surface area contributed by atoms with E-state index in [1.165, 1.54) is 12.8 Å². The standard InChI is InChI=1S/C17H29NO4/c1-3-22-16(20)17(10-13-21-2)8-11-18(12-9-17)15(19)7-6-14-4-5-14/h14H,3-13H2,1-2H3. The van der Waals surface area contributed by atoms with Gasteiger partial charge in [0.25, 0.3) is 0 Å². The van der Waals surface area contributed by atoms with Gasteiger partial charge in [-0.3, -0.25) is 9.59 Å². The highest BCUT2D eigenvalue weighted by atomic mass is 16.5. The highest BCUT2D eigenvalue weighted by molar-refractivity contribution is 5.79. The molecule has 0 radical (unpaired) electrons. The Bertz CT molecular complexity index is 384. The van der Waals surface area contributed by atoms with Gasteiger partial charge in [-0.25, -0.2) is 0 Å². The minimum absolute atomic E-state index is 0.128. The molecule has 1 saturated heterocycles. The lowest BCUT2D eigenvalue weighted by molar-refractivity contribution is -0.161. The van der Waals surface area contributed by atoms with Crippen LogP contribution in [0, 0.1) is 11.3 Å². The highest BCUT2D eigenvalue weighted by Crippen LogP contribution is 2.37. The van der Waals surface area contributed by atoms with Gasteiger partial charge in [0.1, 0.15) is 0 Å². The van der Waals surface area contributed by atoms with Gasteiger partial charge >= 0.3 is 5.97 Å². The Kier molecular flexibility index (Phi) is 6.24. The molecule has 22 heavy (non-hydrogen) atoms. The molecule has 1 aliphatic carbocycles. The summed E-state index contributed by atoms with van der Waals surface area (Å²) in [4.78, 5) is 26.5. The van der Waals surface area contributed by atoms with E-state index in [1.54, 1.807) is 7.11 Å². The monoisotopic (exact) mass is 311 g/mol. The Balaban J connectivity index is 1.86. The van der Waals surface area contributed by atoms with Crippen molar-refractivity contribution < 1.29 is 19.1 Å². The summed E-state index contributed by atoms with van der Waals surface area (Å²) in [5.74, 6) is 0.905. The van der Waals surface area contributed by atoms with E-state index >= 15 is 0 Å². The van der Waals surface area contributed by atoms with Crippen molar-refractivity contribution in [3.8, 4) is 0 Å². The molecule has 0 aromatic heterocycles. The number of hydrogen-bond acceptors (Lipinski definition) is 4. The van der Waals surface area contributed by atoms with E-state index in [2.05, 4.69) is 0 Å². The first-order valence-corrected chi connectivity index (χ1v) is 8.55. The first-order chi connectivity index (χ1) is 10.6. The largest absolute Gasteiger partial charge is 0.466 e. The maximum absolute atomic E-state index is 12.3. The van der Waals surface area contributed by atoms with Gasteiger partial charge in [-0.05, 0) is 38.5 Å². The Morgan fingerprint density at radius 3 is 2.45 bits per heavy atom. The van der Waals surface area contributed by atoms with Gasteiger partial charge in [-0.2, -0.15) is 0 Å². The number of carbonyl (C=O) groups excluding carboxylic acids is 2. The zero-order valence-electron chi connectivity index (χ0n) is 13.9. The summed E-state index contributed by atoms with van der Waals surface area (Å²) in [5, 5.41) is 0. The Morgan fingerprint density at radius 1 is 1.23 bits per heavy atom. The van der Waals surface area contributed by atoms with Crippen molar-refractivity contribution in [3.63, 3.8) is 0 Å². The molecule has 1 amide bonds. The van der Waals surface area contributed by atoms with Crippen LogP contribution >= 0.6 is 0 Å². The summed E-state index contributed by atoms with van der Waals surface area (Å²) in [7, 11) is 1.65. The molecule has 5 nitrogen and oxygen atoms in total. The lowest BCUT2D eigenvalue weighted by Gasteiger charge is -2.40. The number of esters is 1. The van der Waals surface area contributed by atoms with Crippen LogP contribution in [0.2, 0.25) is 0 Å². The number of amides is 1. The van der Waals surface area contributed by atoms with E-state index in [9.17, 15) is 9.59 Å². The molecular weight excluding hydrogens is 282 g/mol. The van der Waals surface area contributed by atoms with Gasteiger partial charge in [0.2, 0.25) is 5.91 Å². The SMILES string of the molecule is CCOC(=O)C1(CCOC)CCN(C(=O)CCC2CC2)CC1. The summed E-state index contributed by atoms with van der Waals surface area (Å²) in [5.41, 5.74) is -0.473. The topological polar surface area (TPSA) is 55.8 Å². The Labute approximate surface area is 133 Å². The first-order valence-electron chi connectivity index (χ1n) is 8.55. The zero-order chi connectivity index (χ0) is 16.0. The molecule has 2 rings (SSSR count). The van der Waals surface area contributed by atoms with Crippen molar-refractivity contribution in [1.82, 2.24) is 4.90 Å². The average Bonchev–Trinajstić information content (AvgIpc) is 3.35. The lowest BCUT2D eigenvalue weighted by atomic mass is 9.75. The predicted molar refractivity (Wildman–Crippen MR) is 83.3 cm³/mol. The summed E-state index contributed by atoms with van der Waals surface area (Å²) in [6.45, 7) is 4.10. The fourth-order valence-corrected chi connectivity index (χ4v) is 3.21. The number of methoxy groups -OCH3 is 1. The van der Waals surface area contributed by atoms with Gasteiger partial charge in [-0.15, -0.1) is 0 Å². The molecular formula is C17H29NO4. The van der Waals surface area contributed by atoms with Gasteiger partial charge in [0, 0.05) is 33.2 Å². The number of nitrogens with zero attached hydrogens (tertiary/aromatic N) is 1. The van der Waals surface area contributed by atoms with E-state index in [0.29, 0.717) is 52.0 Å². The molecule has 0 unspecified atom stereocenters. The molecule has 0 spiro atoms. The number of ether oxygens (including phenoxy) is 2. The van der Waals surface area contributed by atoms with Crippen molar-refractivity contribution in [1.29, 1.82) is 0 Å². The molecule has 2 aliphatic rings. The van der Waals surface area contributed by atoms with Crippen molar-refractivity contribution >= 4 is 11.9 Å². The highest BCUT2D eigenvalue weighted by Gasteiger charge is 2.43. The molecule has 2 fully saturated rings. The van der Waals surface area contributed by atoms with E-state index in [1.807, 2.05) is 11.8 Å². The summed E-state index contributed by atoms with van der Waals surface area (Å²) >= 11 is 0. The number of piperidine rings is 1. The van der Waals surface area contributed by atoms with Crippen LogP contribution in [0.15, 0.2) is 0 Å². The third-order valence-electron chi connectivity index (χ3n) is 5.03. The van der Waals surface area contributed by atoms with E-state index in [-0.39, 0.29) is 11.9 Å². The normalized spacial score (nSPS) is 20.7. The third kappa shape index (κ3) is 4.45. The fourth-order valence-electron chi connectivity index (χ4n) is 3.21. The second-order valence-corrected chi connectivity index (χ2v) is 6.61. The predicted octanol–water partition coefficient (Wildman–Crippen LogP) is 2.38. The van der Waals surface area contributed by atoms with Crippen LogP contribution in [-0.4, -0.2) is 50.2 Å². The van der Waals surface area contributed by atoms with Gasteiger partial charge < -0.3 is 14.4 Å². The molecule has 0 bridgehead atoms. The van der Waals surface area contributed by atoms with Gasteiger partial charge in [0.15, 0.2) is 0 Å². The fraction of sp³-hybridized carbons (Fsp3) is 0.882. The second kappa shape index (κ2) is 7.95. The van der Waals surface area contributed by atoms with Crippen LogP contribution in [0.25, 0.3) is 0 Å². The maximum Gasteiger partial charge on any atom is 0.312 e. The van der Waals surface area contributed by atoms with Crippen LogP contribution in [0.3, 0.4) is 0 Å². The smallest absolute Gasteiger partial charge is 0.312 e. The lowest BCUT2D eigenvalue weighted by Crippen LogP contribution is -2.47. The minimum atomic E-state index is -0.473. The Hall–Kier alpha value is -1.10. The first kappa shape index (κ1) is 17.3. The van der Waals surface area contributed by atoms with E-state index in [4.69, 9.17) is 9.47 Å². The number of rotatable bonds is 8. The van der Waals surface area contributed by atoms with Crippen molar-refractivity contribution in [2.75, 3.05) is 33.4 Å². The summed E-state index contributed by atoms with van der Waals surface area (Å²) < 4.78 is 10.4. The molecule has 1 aliphatic heterocycles. The van der Waals surface area contributed by atoms with Crippen LogP contribution in [-0.2, 0) is 19.1 Å². The third-order valence-corrected chi connectivity index (χ3v) is 5.03. The van der Waals surface area contributed by atoms with Crippen LogP contribution in [0.1, 0.15) is 51.9 Å². The van der Waals surface area contributed by atoms with Gasteiger partial charge in [-0.1, -0.05) is 12.8 Å². The maximum atomic E-state index is 12.3. The molecule has 0 N–H and O–H groups in total. The summed E-state index contributed by atoms with van der Waals surface area (Å²) in [6, 6.07) is 0. The van der Waals surface area contributed by atoms with Gasteiger partial charge in [0.05, 0.1) is 12.0 Å². The molecule has 126 valence electrons. The van der Waals surface area contributed by atoms with E-state index < -0.39 is 5.41 Å². The second-order valence-electron chi connectivity index (χ2n) is 6.61. The zero-order valence-corrected chi connectivity index (χ0v) is 13.9. The Morgan fingerprint density at radius 2 is 1.91 bits per heavy atom. The molecule has 5 heteroatoms. The van der Waals surface area contributed by atoms with Crippen LogP contribution in [0.4, 0.5) is 0 Å². The van der Waals surface area contributed by atoms with Crippen LogP contribution in [0.5, 0.6) is 0 Å². The summed E-state index contributed by atoms with van der Waals surface area (Å²) in [6.07, 6.45) is 6.31. The average molecular weight is 311 g/mol. The van der Waals surface area contributed by atoms with Crippen LogP contribution < -0.4 is 0 Å². The molecule has 1 saturated carbocycles. The van der Waals surface area contributed by atoms with Crippen molar-refractivity contribution in [2.24, 2.45) is 11.3 Å².